The number of aromatic nitrogens is 5. The molecule has 5 rings (SSSR count). The molecule has 1 saturated heterocycles. The minimum Gasteiger partial charge on any atom is -0.322 e. The van der Waals surface area contributed by atoms with E-state index in [2.05, 4.69) is 57.5 Å². The van der Waals surface area contributed by atoms with Gasteiger partial charge in [-0.15, -0.1) is 5.10 Å². The minimum absolute atomic E-state index is 0.0412. The summed E-state index contributed by atoms with van der Waals surface area (Å²) in [5.74, 6) is 0.817. The maximum Gasteiger partial charge on any atom is 0.253 e. The number of aryl methyl sites for hydroxylation is 1. The van der Waals surface area contributed by atoms with Crippen LogP contribution >= 0.6 is 0 Å². The van der Waals surface area contributed by atoms with Crippen LogP contribution in [0.1, 0.15) is 87.8 Å². The summed E-state index contributed by atoms with van der Waals surface area (Å²) in [5, 5.41) is 14.1. The number of pyridine rings is 1. The Labute approximate surface area is 182 Å². The van der Waals surface area contributed by atoms with Crippen molar-refractivity contribution < 1.29 is 0 Å². The van der Waals surface area contributed by atoms with E-state index >= 15 is 0 Å². The van der Waals surface area contributed by atoms with Gasteiger partial charge < -0.3 is 4.98 Å². The van der Waals surface area contributed by atoms with Crippen LogP contribution in [0.15, 0.2) is 29.1 Å². The molecule has 1 aromatic carbocycles. The Morgan fingerprint density at radius 1 is 1.13 bits per heavy atom. The van der Waals surface area contributed by atoms with Gasteiger partial charge in [0.2, 0.25) is 0 Å². The number of benzene rings is 1. The van der Waals surface area contributed by atoms with E-state index in [0.717, 1.165) is 60.9 Å². The van der Waals surface area contributed by atoms with E-state index in [-0.39, 0.29) is 11.6 Å². The van der Waals surface area contributed by atoms with Gasteiger partial charge >= 0.3 is 0 Å². The molecular weight excluding hydrogens is 388 g/mol. The predicted molar refractivity (Wildman–Crippen MR) is 121 cm³/mol. The number of nitrogens with one attached hydrogen (secondary N) is 1. The molecular formula is C24H32N6O. The van der Waals surface area contributed by atoms with E-state index in [4.69, 9.17) is 0 Å². The molecule has 3 heterocycles. The number of tetrazole rings is 1. The van der Waals surface area contributed by atoms with E-state index in [1.165, 1.54) is 24.8 Å². The highest BCUT2D eigenvalue weighted by Gasteiger charge is 2.36. The third-order valence-corrected chi connectivity index (χ3v) is 7.26. The summed E-state index contributed by atoms with van der Waals surface area (Å²) in [6.45, 7) is 5.37. The van der Waals surface area contributed by atoms with E-state index < -0.39 is 0 Å². The second-order valence-electron chi connectivity index (χ2n) is 9.23. The molecule has 0 radical (unpaired) electrons. The molecule has 0 amide bonds. The molecule has 7 nitrogen and oxygen atoms in total. The molecule has 2 aromatic heterocycles. The van der Waals surface area contributed by atoms with Crippen molar-refractivity contribution in [2.24, 2.45) is 0 Å². The van der Waals surface area contributed by atoms with Gasteiger partial charge in [-0.2, -0.15) is 0 Å². The highest BCUT2D eigenvalue weighted by atomic mass is 16.1. The molecule has 1 aliphatic heterocycles. The van der Waals surface area contributed by atoms with Crippen LogP contribution in [0.5, 0.6) is 0 Å². The summed E-state index contributed by atoms with van der Waals surface area (Å²) in [6, 6.07) is 8.84. The summed E-state index contributed by atoms with van der Waals surface area (Å²) in [5.41, 5.74) is 2.86. The molecule has 7 heteroatoms. The average Bonchev–Trinajstić information content (AvgIpc) is 3.47. The lowest BCUT2D eigenvalue weighted by Crippen LogP contribution is -2.43. The largest absolute Gasteiger partial charge is 0.322 e. The molecule has 164 valence electrons. The number of piperidine rings is 1. The lowest BCUT2D eigenvalue weighted by molar-refractivity contribution is 0.115. The molecule has 2 fully saturated rings. The zero-order chi connectivity index (χ0) is 21.4. The number of likely N-dealkylation sites (tertiary alicyclic amines) is 1. The molecule has 0 spiro atoms. The Kier molecular flexibility index (Phi) is 5.61. The van der Waals surface area contributed by atoms with Crippen LogP contribution in [0, 0.1) is 0 Å². The van der Waals surface area contributed by atoms with Gasteiger partial charge in [0, 0.05) is 17.1 Å². The van der Waals surface area contributed by atoms with Crippen molar-refractivity contribution in [2.75, 3.05) is 6.54 Å². The molecule has 1 aliphatic carbocycles. The fourth-order valence-electron chi connectivity index (χ4n) is 5.46. The van der Waals surface area contributed by atoms with Gasteiger partial charge in [0.15, 0.2) is 5.82 Å². The van der Waals surface area contributed by atoms with Crippen molar-refractivity contribution in [1.82, 2.24) is 30.1 Å². The van der Waals surface area contributed by atoms with E-state index in [0.29, 0.717) is 12.1 Å². The van der Waals surface area contributed by atoms with Crippen molar-refractivity contribution in [2.45, 2.75) is 83.3 Å². The molecule has 0 bridgehead atoms. The first-order valence-corrected chi connectivity index (χ1v) is 11.8. The summed E-state index contributed by atoms with van der Waals surface area (Å²) in [4.78, 5) is 18.9. The third-order valence-electron chi connectivity index (χ3n) is 7.26. The number of nitrogens with zero attached hydrogens (tertiary/aromatic N) is 5. The molecule has 3 aromatic rings. The van der Waals surface area contributed by atoms with Gasteiger partial charge in [-0.25, -0.2) is 4.68 Å². The second-order valence-corrected chi connectivity index (χ2v) is 9.23. The molecule has 2 atom stereocenters. The predicted octanol–water partition coefficient (Wildman–Crippen LogP) is 4.16. The Hall–Kier alpha value is -2.54. The topological polar surface area (TPSA) is 79.7 Å². The lowest BCUT2D eigenvalue weighted by atomic mass is 9.96. The number of hydrogen-bond acceptors (Lipinski definition) is 5. The highest BCUT2D eigenvalue weighted by molar-refractivity contribution is 5.80. The summed E-state index contributed by atoms with van der Waals surface area (Å²) in [7, 11) is 0. The van der Waals surface area contributed by atoms with E-state index in [9.17, 15) is 4.79 Å². The monoisotopic (exact) mass is 420 g/mol. The number of H-pyrrole nitrogens is 1. The Bertz CT molecular complexity index is 1110. The van der Waals surface area contributed by atoms with Crippen molar-refractivity contribution in [3.8, 4) is 0 Å². The maximum absolute atomic E-state index is 13.3. The van der Waals surface area contributed by atoms with Gasteiger partial charge in [0.05, 0.1) is 6.04 Å². The van der Waals surface area contributed by atoms with Crippen LogP contribution < -0.4 is 5.56 Å². The van der Waals surface area contributed by atoms with Crippen LogP contribution in [0.2, 0.25) is 0 Å². The Balaban J connectivity index is 1.67. The normalized spacial score (nSPS) is 21.7. The number of aromatic amines is 1. The molecule has 1 saturated carbocycles. The standard InChI is InChI=1S/C24H32N6O/c1-3-17-11-12-21-18(14-17)15-20(24(31)25-21)22(29-13-7-6-8-16(29)2)23-26-27-28-30(23)19-9-4-5-10-19/h11-12,14-16,19,22H,3-10,13H2,1-2H3,(H,25,31). The highest BCUT2D eigenvalue weighted by Crippen LogP contribution is 2.36. The molecule has 31 heavy (non-hydrogen) atoms. The number of rotatable bonds is 5. The summed E-state index contributed by atoms with van der Waals surface area (Å²) >= 11 is 0. The van der Waals surface area contributed by atoms with Gasteiger partial charge in [-0.1, -0.05) is 32.3 Å². The fraction of sp³-hybridized carbons (Fsp3) is 0.583. The summed E-state index contributed by atoms with van der Waals surface area (Å²) in [6.07, 6.45) is 9.10. The SMILES string of the molecule is CCc1ccc2[nH]c(=O)c(C(c3nnnn3C3CCCC3)N3CCCCC3C)cc2c1. The first-order valence-electron chi connectivity index (χ1n) is 11.8. The van der Waals surface area contributed by atoms with Crippen LogP contribution in [0.4, 0.5) is 0 Å². The van der Waals surface area contributed by atoms with Gasteiger partial charge in [-0.05, 0) is 85.1 Å². The second kappa shape index (κ2) is 8.54. The number of hydrogen-bond donors (Lipinski definition) is 1. The van der Waals surface area contributed by atoms with Crippen molar-refractivity contribution in [3.63, 3.8) is 0 Å². The first-order chi connectivity index (χ1) is 15.2. The Morgan fingerprint density at radius 3 is 2.71 bits per heavy atom. The molecule has 1 N–H and O–H groups in total. The van der Waals surface area contributed by atoms with Crippen LogP contribution in [-0.4, -0.2) is 42.7 Å². The van der Waals surface area contributed by atoms with Gasteiger partial charge in [0.25, 0.3) is 5.56 Å². The van der Waals surface area contributed by atoms with Gasteiger partial charge in [-0.3, -0.25) is 9.69 Å². The summed E-state index contributed by atoms with van der Waals surface area (Å²) < 4.78 is 2.02. The minimum atomic E-state index is -0.232. The third kappa shape index (κ3) is 3.80. The van der Waals surface area contributed by atoms with Gasteiger partial charge in [0.1, 0.15) is 6.04 Å². The molecule has 2 aliphatic rings. The van der Waals surface area contributed by atoms with Crippen LogP contribution in [0.3, 0.4) is 0 Å². The molecule has 2 unspecified atom stereocenters. The van der Waals surface area contributed by atoms with Crippen LogP contribution in [-0.2, 0) is 6.42 Å². The zero-order valence-corrected chi connectivity index (χ0v) is 18.5. The fourth-order valence-corrected chi connectivity index (χ4v) is 5.46. The van der Waals surface area contributed by atoms with Crippen molar-refractivity contribution in [1.29, 1.82) is 0 Å². The average molecular weight is 421 g/mol. The number of fused-ring (bicyclic) bond motifs is 1. The van der Waals surface area contributed by atoms with Crippen LogP contribution in [0.25, 0.3) is 10.9 Å². The first kappa shape index (κ1) is 20.4. The smallest absolute Gasteiger partial charge is 0.253 e. The maximum atomic E-state index is 13.3. The quantitative estimate of drug-likeness (QED) is 0.671. The van der Waals surface area contributed by atoms with Crippen molar-refractivity contribution in [3.05, 3.63) is 51.6 Å². The lowest BCUT2D eigenvalue weighted by Gasteiger charge is -2.39. The Morgan fingerprint density at radius 2 is 1.94 bits per heavy atom. The van der Waals surface area contributed by atoms with E-state index in [1.807, 2.05) is 10.7 Å². The van der Waals surface area contributed by atoms with E-state index in [1.54, 1.807) is 0 Å². The zero-order valence-electron chi connectivity index (χ0n) is 18.5. The van der Waals surface area contributed by atoms with Crippen molar-refractivity contribution >= 4 is 10.9 Å².